The Labute approximate surface area is 172 Å². The fourth-order valence-electron chi connectivity index (χ4n) is 4.62. The first-order valence-electron chi connectivity index (χ1n) is 10.2. The van der Waals surface area contributed by atoms with E-state index in [1.165, 1.54) is 12.4 Å². The van der Waals surface area contributed by atoms with Gasteiger partial charge in [-0.3, -0.25) is 9.97 Å². The molecule has 2 aromatic rings. The topological polar surface area (TPSA) is 85.1 Å². The van der Waals surface area contributed by atoms with E-state index in [4.69, 9.17) is 0 Å². The number of piperidine rings is 1. The molecule has 2 N–H and O–H groups in total. The summed E-state index contributed by atoms with van der Waals surface area (Å²) in [5.41, 5.74) is 1.76. The van der Waals surface area contributed by atoms with Crippen molar-refractivity contribution >= 4 is 16.7 Å². The summed E-state index contributed by atoms with van der Waals surface area (Å²) in [6, 6.07) is 5.12. The number of alkyl halides is 3. The molecule has 0 unspecified atom stereocenters. The van der Waals surface area contributed by atoms with Gasteiger partial charge in [-0.05, 0) is 44.2 Å². The van der Waals surface area contributed by atoms with Crippen LogP contribution < -0.4 is 10.2 Å². The highest BCUT2D eigenvalue weighted by atomic mass is 19.4. The van der Waals surface area contributed by atoms with Gasteiger partial charge in [0.2, 0.25) is 0 Å². The monoisotopic (exact) mass is 419 g/mol. The van der Waals surface area contributed by atoms with Crippen LogP contribution in [-0.4, -0.2) is 52.5 Å². The van der Waals surface area contributed by atoms with E-state index in [1.807, 2.05) is 0 Å². The van der Waals surface area contributed by atoms with Gasteiger partial charge in [-0.15, -0.1) is 0 Å². The molecule has 30 heavy (non-hydrogen) atoms. The van der Waals surface area contributed by atoms with E-state index in [2.05, 4.69) is 21.4 Å². The molecule has 1 aromatic carbocycles. The average Bonchev–Trinajstić information content (AvgIpc) is 2.74. The van der Waals surface area contributed by atoms with Gasteiger partial charge < -0.3 is 15.3 Å². The number of nitrogens with zero attached hydrogens (tertiary/aromatic N) is 4. The molecule has 2 heterocycles. The highest BCUT2D eigenvalue weighted by molar-refractivity contribution is 5.92. The standard InChI is InChI=1S/C21H24F3N5O/c22-21(23,24)14-9-16(28-15-2-4-17(30)5-3-15)12-29(11-14)18-6-1-13(10-25)19-20(18)27-8-7-26-19/h1,6-8,14-17,28,30H,2-5,9,11-12H2/t14-,15-,16+,17-/m0/s1. The molecule has 1 saturated carbocycles. The van der Waals surface area contributed by atoms with Crippen molar-refractivity contribution in [3.8, 4) is 6.07 Å². The van der Waals surface area contributed by atoms with Gasteiger partial charge in [0.15, 0.2) is 0 Å². The highest BCUT2D eigenvalue weighted by Gasteiger charge is 2.45. The van der Waals surface area contributed by atoms with Gasteiger partial charge in [0.1, 0.15) is 17.1 Å². The Morgan fingerprint density at radius 3 is 2.40 bits per heavy atom. The fourth-order valence-corrected chi connectivity index (χ4v) is 4.62. The van der Waals surface area contributed by atoms with Crippen LogP contribution in [0.15, 0.2) is 24.5 Å². The molecule has 160 valence electrons. The number of nitrogens with one attached hydrogen (secondary N) is 1. The van der Waals surface area contributed by atoms with Crippen molar-refractivity contribution in [1.82, 2.24) is 15.3 Å². The third kappa shape index (κ3) is 4.35. The SMILES string of the molecule is N#Cc1ccc(N2C[C@H](N[C@H]3CC[C@H](O)CC3)C[C@H](C(F)(F)F)C2)c2nccnc12. The van der Waals surface area contributed by atoms with Crippen LogP contribution in [0.25, 0.3) is 11.0 Å². The molecule has 2 atom stereocenters. The lowest BCUT2D eigenvalue weighted by Crippen LogP contribution is -2.55. The van der Waals surface area contributed by atoms with Crippen molar-refractivity contribution in [3.63, 3.8) is 0 Å². The highest BCUT2D eigenvalue weighted by Crippen LogP contribution is 2.37. The first-order chi connectivity index (χ1) is 14.3. The van der Waals surface area contributed by atoms with Crippen molar-refractivity contribution < 1.29 is 18.3 Å². The van der Waals surface area contributed by atoms with E-state index in [0.29, 0.717) is 41.7 Å². The Morgan fingerprint density at radius 1 is 1.03 bits per heavy atom. The Bertz CT molecular complexity index is 936. The van der Waals surface area contributed by atoms with Gasteiger partial charge in [0.05, 0.1) is 23.3 Å². The number of fused-ring (bicyclic) bond motifs is 1. The van der Waals surface area contributed by atoms with E-state index in [1.54, 1.807) is 17.0 Å². The molecule has 0 bridgehead atoms. The molecule has 1 aromatic heterocycles. The minimum atomic E-state index is -4.30. The number of aromatic nitrogens is 2. The van der Waals surface area contributed by atoms with Crippen LogP contribution in [0.2, 0.25) is 0 Å². The molecule has 1 aliphatic carbocycles. The van der Waals surface area contributed by atoms with Crippen molar-refractivity contribution in [1.29, 1.82) is 5.26 Å². The second-order valence-corrected chi connectivity index (χ2v) is 8.25. The fraction of sp³-hybridized carbons (Fsp3) is 0.571. The molecule has 0 amide bonds. The average molecular weight is 419 g/mol. The Balaban J connectivity index is 1.62. The third-order valence-corrected chi connectivity index (χ3v) is 6.15. The molecule has 6 nitrogen and oxygen atoms in total. The Kier molecular flexibility index (Phi) is 5.80. The summed E-state index contributed by atoms with van der Waals surface area (Å²) in [7, 11) is 0. The third-order valence-electron chi connectivity index (χ3n) is 6.15. The molecular weight excluding hydrogens is 395 g/mol. The number of aliphatic hydroxyl groups is 1. The molecule has 0 radical (unpaired) electrons. The molecule has 1 saturated heterocycles. The summed E-state index contributed by atoms with van der Waals surface area (Å²) < 4.78 is 41.1. The minimum Gasteiger partial charge on any atom is -0.393 e. The first kappa shape index (κ1) is 20.8. The molecule has 1 aliphatic heterocycles. The van der Waals surface area contributed by atoms with Gasteiger partial charge in [0.25, 0.3) is 0 Å². The normalized spacial score (nSPS) is 27.8. The van der Waals surface area contributed by atoms with Crippen LogP contribution in [-0.2, 0) is 0 Å². The van der Waals surface area contributed by atoms with E-state index in [-0.39, 0.29) is 31.2 Å². The smallest absolute Gasteiger partial charge is 0.393 e. The summed E-state index contributed by atoms with van der Waals surface area (Å²) in [5.74, 6) is -1.46. The summed E-state index contributed by atoms with van der Waals surface area (Å²) in [6.07, 6.45) is 1.26. The minimum absolute atomic E-state index is 0.0267. The zero-order chi connectivity index (χ0) is 21.3. The summed E-state index contributed by atoms with van der Waals surface area (Å²) in [6.45, 7) is 0.270. The van der Waals surface area contributed by atoms with E-state index < -0.39 is 12.1 Å². The van der Waals surface area contributed by atoms with E-state index in [0.717, 1.165) is 12.8 Å². The summed E-state index contributed by atoms with van der Waals surface area (Å²) >= 11 is 0. The van der Waals surface area contributed by atoms with E-state index in [9.17, 15) is 23.5 Å². The zero-order valence-corrected chi connectivity index (χ0v) is 16.4. The number of benzene rings is 1. The molecule has 0 spiro atoms. The van der Waals surface area contributed by atoms with Crippen molar-refractivity contribution in [2.75, 3.05) is 18.0 Å². The Hall–Kier alpha value is -2.44. The zero-order valence-electron chi connectivity index (χ0n) is 16.4. The van der Waals surface area contributed by atoms with Gasteiger partial charge in [-0.1, -0.05) is 0 Å². The van der Waals surface area contributed by atoms with Crippen LogP contribution >= 0.6 is 0 Å². The second kappa shape index (κ2) is 8.36. The maximum absolute atomic E-state index is 13.7. The number of aliphatic hydroxyl groups excluding tert-OH is 1. The Morgan fingerprint density at radius 2 is 1.73 bits per heavy atom. The quantitative estimate of drug-likeness (QED) is 0.795. The van der Waals surface area contributed by atoms with Crippen LogP contribution in [0.3, 0.4) is 0 Å². The molecule has 4 rings (SSSR count). The number of halogens is 3. The molecular formula is C21H24F3N5O. The first-order valence-corrected chi connectivity index (χ1v) is 10.2. The van der Waals surface area contributed by atoms with Crippen molar-refractivity contribution in [3.05, 3.63) is 30.1 Å². The molecule has 2 fully saturated rings. The number of hydrogen-bond acceptors (Lipinski definition) is 6. The lowest BCUT2D eigenvalue weighted by molar-refractivity contribution is -0.177. The van der Waals surface area contributed by atoms with Gasteiger partial charge in [-0.25, -0.2) is 0 Å². The number of nitriles is 1. The molecule has 9 heteroatoms. The number of hydrogen-bond donors (Lipinski definition) is 2. The van der Waals surface area contributed by atoms with Gasteiger partial charge in [-0.2, -0.15) is 18.4 Å². The second-order valence-electron chi connectivity index (χ2n) is 8.25. The predicted molar refractivity (Wildman–Crippen MR) is 106 cm³/mol. The predicted octanol–water partition coefficient (Wildman–Crippen LogP) is 3.15. The number of anilines is 1. The van der Waals surface area contributed by atoms with Crippen molar-refractivity contribution in [2.45, 2.75) is 56.5 Å². The van der Waals surface area contributed by atoms with E-state index >= 15 is 0 Å². The van der Waals surface area contributed by atoms with Crippen LogP contribution in [0, 0.1) is 17.2 Å². The van der Waals surface area contributed by atoms with Crippen LogP contribution in [0.5, 0.6) is 0 Å². The summed E-state index contributed by atoms with van der Waals surface area (Å²) in [5, 5.41) is 22.4. The van der Waals surface area contributed by atoms with Crippen LogP contribution in [0.1, 0.15) is 37.7 Å². The lowest BCUT2D eigenvalue weighted by atomic mass is 9.89. The van der Waals surface area contributed by atoms with Crippen LogP contribution in [0.4, 0.5) is 18.9 Å². The summed E-state index contributed by atoms with van der Waals surface area (Å²) in [4.78, 5) is 10.3. The lowest BCUT2D eigenvalue weighted by Gasteiger charge is -2.42. The number of rotatable bonds is 3. The van der Waals surface area contributed by atoms with Crippen molar-refractivity contribution in [2.24, 2.45) is 5.92 Å². The maximum atomic E-state index is 13.7. The largest absolute Gasteiger partial charge is 0.393 e. The molecule has 2 aliphatic rings. The van der Waals surface area contributed by atoms with Gasteiger partial charge >= 0.3 is 6.18 Å². The maximum Gasteiger partial charge on any atom is 0.393 e. The van der Waals surface area contributed by atoms with Gasteiger partial charge in [0, 0.05) is 37.6 Å².